The lowest BCUT2D eigenvalue weighted by Crippen LogP contribution is -2.42. The van der Waals surface area contributed by atoms with Crippen LogP contribution in [-0.2, 0) is 6.54 Å². The quantitative estimate of drug-likeness (QED) is 0.313. The van der Waals surface area contributed by atoms with Gasteiger partial charge in [0.05, 0.1) is 12.3 Å². The highest BCUT2D eigenvalue weighted by Crippen LogP contribution is 2.25. The number of guanidine groups is 1. The maximum absolute atomic E-state index is 12.6. The molecule has 1 unspecified atom stereocenters. The van der Waals surface area contributed by atoms with Gasteiger partial charge in [-0.05, 0) is 44.1 Å². The number of hydrogen-bond donors (Lipinski definition) is 2. The van der Waals surface area contributed by atoms with Crippen molar-refractivity contribution in [3.8, 4) is 5.75 Å². The van der Waals surface area contributed by atoms with Crippen molar-refractivity contribution in [2.45, 2.75) is 32.0 Å². The van der Waals surface area contributed by atoms with Crippen LogP contribution in [0.15, 0.2) is 52.1 Å². The molecule has 1 aromatic carbocycles. The number of benzene rings is 1. The van der Waals surface area contributed by atoms with Crippen molar-refractivity contribution < 1.29 is 17.9 Å². The lowest BCUT2D eigenvalue weighted by Gasteiger charge is -2.26. The lowest BCUT2D eigenvalue weighted by molar-refractivity contribution is -0.0504. The van der Waals surface area contributed by atoms with Crippen LogP contribution in [0.2, 0.25) is 0 Å². The molecule has 0 radical (unpaired) electrons. The first kappa shape index (κ1) is 23.4. The van der Waals surface area contributed by atoms with Crippen molar-refractivity contribution in [2.75, 3.05) is 26.7 Å². The van der Waals surface area contributed by atoms with E-state index in [-0.39, 0.29) is 35.8 Å². The predicted octanol–water partition coefficient (Wildman–Crippen LogP) is 4.00. The molecular weight excluding hydrogens is 493 g/mol. The molecule has 0 bridgehead atoms. The monoisotopic (exact) mass is 520 g/mol. The average molecular weight is 520 g/mol. The van der Waals surface area contributed by atoms with Gasteiger partial charge in [-0.1, -0.05) is 18.2 Å². The van der Waals surface area contributed by atoms with Gasteiger partial charge in [-0.15, -0.1) is 24.0 Å². The molecule has 0 aliphatic carbocycles. The average Bonchev–Trinajstić information content (AvgIpc) is 3.40. The standard InChI is InChI=1S/C20H26F2N4O2.HI/c1-23-20(24-13-15-7-2-3-8-17(15)28-19(21)22)25-14-16(18-9-6-12-27-18)26-10-4-5-11-26;/h2-3,6-9,12,16,19H,4-5,10-11,13-14H2,1H3,(H2,23,24,25);1H. The third-order valence-corrected chi connectivity index (χ3v) is 4.77. The number of rotatable bonds is 8. The number of para-hydroxylation sites is 1. The zero-order valence-electron chi connectivity index (χ0n) is 16.3. The fourth-order valence-electron chi connectivity index (χ4n) is 3.40. The summed E-state index contributed by atoms with van der Waals surface area (Å²) in [7, 11) is 1.68. The number of halogens is 3. The Bertz CT molecular complexity index is 753. The third kappa shape index (κ3) is 6.84. The van der Waals surface area contributed by atoms with Gasteiger partial charge in [-0.2, -0.15) is 8.78 Å². The Labute approximate surface area is 186 Å². The number of alkyl halides is 2. The molecule has 1 aliphatic heterocycles. The minimum absolute atomic E-state index is 0. The fourth-order valence-corrected chi connectivity index (χ4v) is 3.40. The molecular formula is C20H27F2IN4O2. The van der Waals surface area contributed by atoms with E-state index in [9.17, 15) is 8.78 Å². The smallest absolute Gasteiger partial charge is 0.387 e. The summed E-state index contributed by atoms with van der Waals surface area (Å²) in [5.74, 6) is 1.66. The van der Waals surface area contributed by atoms with Crippen LogP contribution in [0, 0.1) is 0 Å². The number of hydrogen-bond acceptors (Lipinski definition) is 4. The first-order chi connectivity index (χ1) is 13.7. The van der Waals surface area contributed by atoms with E-state index in [1.54, 1.807) is 31.5 Å². The van der Waals surface area contributed by atoms with Crippen LogP contribution in [0.3, 0.4) is 0 Å². The van der Waals surface area contributed by atoms with E-state index in [1.165, 1.54) is 18.9 Å². The minimum atomic E-state index is -2.85. The molecule has 1 fully saturated rings. The van der Waals surface area contributed by atoms with Gasteiger partial charge in [0.2, 0.25) is 0 Å². The summed E-state index contributed by atoms with van der Waals surface area (Å²) in [5, 5.41) is 6.47. The Kier molecular flexibility index (Phi) is 9.65. The molecule has 0 spiro atoms. The molecule has 0 saturated carbocycles. The van der Waals surface area contributed by atoms with Crippen LogP contribution in [0.5, 0.6) is 5.75 Å². The van der Waals surface area contributed by atoms with Crippen LogP contribution < -0.4 is 15.4 Å². The Balaban J connectivity index is 0.00000300. The van der Waals surface area contributed by atoms with E-state index in [0.717, 1.165) is 18.8 Å². The number of nitrogens with one attached hydrogen (secondary N) is 2. The van der Waals surface area contributed by atoms with Crippen molar-refractivity contribution in [1.82, 2.24) is 15.5 Å². The van der Waals surface area contributed by atoms with Crippen LogP contribution >= 0.6 is 24.0 Å². The third-order valence-electron chi connectivity index (χ3n) is 4.77. The first-order valence-electron chi connectivity index (χ1n) is 9.42. The SMILES string of the molecule is CN=C(NCc1ccccc1OC(F)F)NCC(c1ccco1)N1CCCC1.I. The molecule has 1 saturated heterocycles. The van der Waals surface area contributed by atoms with Crippen LogP contribution in [0.25, 0.3) is 0 Å². The second kappa shape index (κ2) is 12.0. The van der Waals surface area contributed by atoms with Gasteiger partial charge in [-0.25, -0.2) is 0 Å². The Morgan fingerprint density at radius 3 is 2.59 bits per heavy atom. The molecule has 29 heavy (non-hydrogen) atoms. The van der Waals surface area contributed by atoms with E-state index in [0.29, 0.717) is 24.6 Å². The summed E-state index contributed by atoms with van der Waals surface area (Å²) in [4.78, 5) is 6.62. The van der Waals surface area contributed by atoms with E-state index in [1.807, 2.05) is 12.1 Å². The number of aliphatic imine (C=N–C) groups is 1. The first-order valence-corrected chi connectivity index (χ1v) is 9.42. The normalized spacial score (nSPS) is 15.8. The number of ether oxygens (including phenoxy) is 1. The van der Waals surface area contributed by atoms with Gasteiger partial charge in [-0.3, -0.25) is 9.89 Å². The van der Waals surface area contributed by atoms with Gasteiger partial charge >= 0.3 is 6.61 Å². The molecule has 160 valence electrons. The van der Waals surface area contributed by atoms with Crippen molar-refractivity contribution in [2.24, 2.45) is 4.99 Å². The predicted molar refractivity (Wildman–Crippen MR) is 119 cm³/mol. The van der Waals surface area contributed by atoms with E-state index >= 15 is 0 Å². The van der Waals surface area contributed by atoms with E-state index < -0.39 is 6.61 Å². The second-order valence-corrected chi connectivity index (χ2v) is 6.57. The highest BCUT2D eigenvalue weighted by Gasteiger charge is 2.25. The van der Waals surface area contributed by atoms with Gasteiger partial charge in [0.1, 0.15) is 11.5 Å². The van der Waals surface area contributed by atoms with Crippen molar-refractivity contribution in [3.63, 3.8) is 0 Å². The van der Waals surface area contributed by atoms with Crippen LogP contribution in [-0.4, -0.2) is 44.2 Å². The Morgan fingerprint density at radius 2 is 1.93 bits per heavy atom. The largest absolute Gasteiger partial charge is 0.468 e. The zero-order valence-corrected chi connectivity index (χ0v) is 18.6. The van der Waals surface area contributed by atoms with Gasteiger partial charge < -0.3 is 19.8 Å². The van der Waals surface area contributed by atoms with Gasteiger partial charge in [0.25, 0.3) is 0 Å². The highest BCUT2D eigenvalue weighted by atomic mass is 127. The van der Waals surface area contributed by atoms with E-state index in [4.69, 9.17) is 4.42 Å². The summed E-state index contributed by atoms with van der Waals surface area (Å²) in [5.41, 5.74) is 0.632. The molecule has 1 atom stereocenters. The fraction of sp³-hybridized carbons (Fsp3) is 0.450. The topological polar surface area (TPSA) is 62.0 Å². The summed E-state index contributed by atoms with van der Waals surface area (Å²) in [6.45, 7) is 0.169. The van der Waals surface area contributed by atoms with E-state index in [2.05, 4.69) is 25.3 Å². The van der Waals surface area contributed by atoms with Gasteiger partial charge in [0, 0.05) is 25.7 Å². The molecule has 1 aromatic heterocycles. The summed E-state index contributed by atoms with van der Waals surface area (Å²) < 4.78 is 35.3. The minimum Gasteiger partial charge on any atom is -0.468 e. The maximum Gasteiger partial charge on any atom is 0.387 e. The summed E-state index contributed by atoms with van der Waals surface area (Å²) in [6, 6.07) is 10.7. The van der Waals surface area contributed by atoms with Crippen molar-refractivity contribution in [3.05, 3.63) is 54.0 Å². The molecule has 6 nitrogen and oxygen atoms in total. The van der Waals surface area contributed by atoms with Crippen molar-refractivity contribution in [1.29, 1.82) is 0 Å². The second-order valence-electron chi connectivity index (χ2n) is 6.57. The Morgan fingerprint density at radius 1 is 1.17 bits per heavy atom. The Hall–Kier alpha value is -1.88. The van der Waals surface area contributed by atoms with Crippen LogP contribution in [0.1, 0.15) is 30.2 Å². The number of furan rings is 1. The lowest BCUT2D eigenvalue weighted by atomic mass is 10.2. The highest BCUT2D eigenvalue weighted by molar-refractivity contribution is 14.0. The molecule has 2 aromatic rings. The summed E-state index contributed by atoms with van der Waals surface area (Å²) >= 11 is 0. The molecule has 0 amide bonds. The van der Waals surface area contributed by atoms with Crippen LogP contribution in [0.4, 0.5) is 8.78 Å². The number of likely N-dealkylation sites (tertiary alicyclic amines) is 1. The molecule has 2 N–H and O–H groups in total. The molecule has 9 heteroatoms. The maximum atomic E-state index is 12.6. The summed E-state index contributed by atoms with van der Waals surface area (Å²) in [6.07, 6.45) is 4.06. The van der Waals surface area contributed by atoms with Gasteiger partial charge in [0.15, 0.2) is 5.96 Å². The molecule has 2 heterocycles. The zero-order chi connectivity index (χ0) is 19.8. The molecule has 3 rings (SSSR count). The molecule has 1 aliphatic rings. The number of nitrogens with zero attached hydrogens (tertiary/aromatic N) is 2. The van der Waals surface area contributed by atoms with Crippen molar-refractivity contribution >= 4 is 29.9 Å².